The minimum absolute atomic E-state index is 0.136. The van der Waals surface area contributed by atoms with Crippen molar-refractivity contribution in [1.82, 2.24) is 16.0 Å². The van der Waals surface area contributed by atoms with E-state index in [9.17, 15) is 14.4 Å². The first kappa shape index (κ1) is 20.0. The van der Waals surface area contributed by atoms with Crippen LogP contribution in [0.1, 0.15) is 15.9 Å². The van der Waals surface area contributed by atoms with Crippen LogP contribution in [0.5, 0.6) is 5.75 Å². The second kappa shape index (κ2) is 10.6. The minimum atomic E-state index is -0.440. The summed E-state index contributed by atoms with van der Waals surface area (Å²) in [7, 11) is 1.51. The number of hydrogen-bond acceptors (Lipinski definition) is 4. The Labute approximate surface area is 158 Å². The van der Waals surface area contributed by atoms with Gasteiger partial charge in [-0.05, 0) is 30.2 Å². The molecule has 0 aliphatic carbocycles. The van der Waals surface area contributed by atoms with Crippen LogP contribution in [0.2, 0.25) is 0 Å². The third-order valence-electron chi connectivity index (χ3n) is 3.77. The molecule has 7 heteroatoms. The molecule has 2 rings (SSSR count). The van der Waals surface area contributed by atoms with Crippen LogP contribution in [0.3, 0.4) is 0 Å². The average Bonchev–Trinajstić information content (AvgIpc) is 2.71. The van der Waals surface area contributed by atoms with Crippen LogP contribution in [-0.4, -0.2) is 44.5 Å². The Hall–Kier alpha value is -3.35. The van der Waals surface area contributed by atoms with E-state index in [4.69, 9.17) is 4.74 Å². The number of carbonyl (C=O) groups is 3. The van der Waals surface area contributed by atoms with E-state index in [1.165, 1.54) is 7.11 Å². The van der Waals surface area contributed by atoms with Crippen molar-refractivity contribution in [1.29, 1.82) is 0 Å². The van der Waals surface area contributed by atoms with Gasteiger partial charge in [0.1, 0.15) is 5.75 Å². The van der Waals surface area contributed by atoms with Crippen molar-refractivity contribution in [2.75, 3.05) is 26.7 Å². The van der Waals surface area contributed by atoms with Gasteiger partial charge in [0.25, 0.3) is 5.91 Å². The van der Waals surface area contributed by atoms with Crippen LogP contribution < -0.4 is 20.7 Å². The summed E-state index contributed by atoms with van der Waals surface area (Å²) in [4.78, 5) is 35.5. The monoisotopic (exact) mass is 369 g/mol. The lowest BCUT2D eigenvalue weighted by molar-refractivity contribution is -0.125. The zero-order valence-corrected chi connectivity index (χ0v) is 15.2. The molecular weight excluding hydrogens is 346 g/mol. The first-order chi connectivity index (χ1) is 13.1. The average molecular weight is 369 g/mol. The van der Waals surface area contributed by atoms with Crippen molar-refractivity contribution >= 4 is 17.7 Å². The lowest BCUT2D eigenvalue weighted by Crippen LogP contribution is -2.42. The summed E-state index contributed by atoms with van der Waals surface area (Å²) in [5, 5.41) is 7.71. The number of nitrogens with one attached hydrogen (secondary N) is 3. The fraction of sp³-hybridized carbons (Fsp3) is 0.250. The first-order valence-electron chi connectivity index (χ1n) is 8.58. The Morgan fingerprint density at radius 3 is 2.30 bits per heavy atom. The molecule has 0 aliphatic rings. The first-order valence-corrected chi connectivity index (χ1v) is 8.58. The third kappa shape index (κ3) is 7.19. The Morgan fingerprint density at radius 1 is 0.852 bits per heavy atom. The van der Waals surface area contributed by atoms with Crippen LogP contribution in [0, 0.1) is 0 Å². The fourth-order valence-electron chi connectivity index (χ4n) is 2.32. The molecule has 0 fully saturated rings. The van der Waals surface area contributed by atoms with Gasteiger partial charge in [-0.1, -0.05) is 36.4 Å². The van der Waals surface area contributed by atoms with Gasteiger partial charge in [0.05, 0.1) is 20.2 Å². The van der Waals surface area contributed by atoms with E-state index in [-0.39, 0.29) is 19.0 Å². The van der Waals surface area contributed by atoms with Crippen molar-refractivity contribution in [2.45, 2.75) is 6.42 Å². The molecule has 0 radical (unpaired) electrons. The van der Waals surface area contributed by atoms with Crippen molar-refractivity contribution < 1.29 is 19.1 Å². The SMILES string of the molecule is COc1cccc(C(=O)NCC(=O)NCC(=O)NCCc2ccccc2)c1. The van der Waals surface area contributed by atoms with E-state index in [0.29, 0.717) is 17.9 Å². The molecule has 0 aromatic heterocycles. The fourth-order valence-corrected chi connectivity index (χ4v) is 2.32. The number of benzene rings is 2. The molecule has 27 heavy (non-hydrogen) atoms. The predicted molar refractivity (Wildman–Crippen MR) is 101 cm³/mol. The summed E-state index contributed by atoms with van der Waals surface area (Å²) in [6, 6.07) is 16.4. The zero-order valence-electron chi connectivity index (χ0n) is 15.2. The number of methoxy groups -OCH3 is 1. The lowest BCUT2D eigenvalue weighted by atomic mass is 10.1. The standard InChI is InChI=1S/C20H23N3O4/c1-27-17-9-5-8-16(12-17)20(26)23-14-19(25)22-13-18(24)21-11-10-15-6-3-2-4-7-15/h2-9,12H,10-11,13-14H2,1H3,(H,21,24)(H,22,25)(H,23,26). The second-order valence-corrected chi connectivity index (χ2v) is 5.78. The van der Waals surface area contributed by atoms with E-state index in [0.717, 1.165) is 12.0 Å². The zero-order chi connectivity index (χ0) is 19.5. The highest BCUT2D eigenvalue weighted by Gasteiger charge is 2.10. The maximum Gasteiger partial charge on any atom is 0.251 e. The van der Waals surface area contributed by atoms with E-state index in [1.807, 2.05) is 30.3 Å². The Kier molecular flexibility index (Phi) is 7.84. The highest BCUT2D eigenvalue weighted by atomic mass is 16.5. The van der Waals surface area contributed by atoms with Crippen molar-refractivity contribution in [3.8, 4) is 5.75 Å². The number of rotatable bonds is 9. The number of ether oxygens (including phenoxy) is 1. The van der Waals surface area contributed by atoms with Crippen molar-refractivity contribution in [2.24, 2.45) is 0 Å². The predicted octanol–water partition coefficient (Wildman–Crippen LogP) is 0.900. The minimum Gasteiger partial charge on any atom is -0.497 e. The molecule has 0 atom stereocenters. The molecule has 0 bridgehead atoms. The van der Waals surface area contributed by atoms with Gasteiger partial charge in [0.15, 0.2) is 0 Å². The van der Waals surface area contributed by atoms with E-state index >= 15 is 0 Å². The van der Waals surface area contributed by atoms with Gasteiger partial charge in [-0.2, -0.15) is 0 Å². The van der Waals surface area contributed by atoms with Crippen LogP contribution in [0.25, 0.3) is 0 Å². The Balaban J connectivity index is 1.63. The maximum absolute atomic E-state index is 12.0. The normalized spacial score (nSPS) is 9.96. The van der Waals surface area contributed by atoms with Crippen LogP contribution in [0.4, 0.5) is 0 Å². The summed E-state index contributed by atoms with van der Waals surface area (Å²) in [5.74, 6) is -0.557. The molecule has 0 aliphatic heterocycles. The van der Waals surface area contributed by atoms with E-state index in [2.05, 4.69) is 16.0 Å². The molecule has 0 heterocycles. The van der Waals surface area contributed by atoms with Crippen molar-refractivity contribution in [3.63, 3.8) is 0 Å². The lowest BCUT2D eigenvalue weighted by Gasteiger charge is -2.08. The van der Waals surface area contributed by atoms with Crippen LogP contribution in [0.15, 0.2) is 54.6 Å². The van der Waals surface area contributed by atoms with E-state index < -0.39 is 11.8 Å². The number of carbonyl (C=O) groups excluding carboxylic acids is 3. The highest BCUT2D eigenvalue weighted by Crippen LogP contribution is 2.12. The van der Waals surface area contributed by atoms with E-state index in [1.54, 1.807) is 24.3 Å². The largest absolute Gasteiger partial charge is 0.497 e. The summed E-state index contributed by atoms with van der Waals surface area (Å²) >= 11 is 0. The molecule has 7 nitrogen and oxygen atoms in total. The van der Waals surface area contributed by atoms with Gasteiger partial charge in [0, 0.05) is 12.1 Å². The van der Waals surface area contributed by atoms with Gasteiger partial charge in [-0.25, -0.2) is 0 Å². The highest BCUT2D eigenvalue weighted by molar-refractivity contribution is 5.97. The smallest absolute Gasteiger partial charge is 0.251 e. The van der Waals surface area contributed by atoms with Gasteiger partial charge in [-0.15, -0.1) is 0 Å². The molecule has 0 saturated heterocycles. The quantitative estimate of drug-likeness (QED) is 0.612. The van der Waals surface area contributed by atoms with Crippen LogP contribution in [-0.2, 0) is 16.0 Å². The molecule has 0 spiro atoms. The molecule has 0 saturated carbocycles. The topological polar surface area (TPSA) is 96.5 Å². The second-order valence-electron chi connectivity index (χ2n) is 5.78. The van der Waals surface area contributed by atoms with Crippen molar-refractivity contribution in [3.05, 3.63) is 65.7 Å². The molecule has 3 amide bonds. The summed E-state index contributed by atoms with van der Waals surface area (Å²) < 4.78 is 5.05. The molecule has 2 aromatic rings. The van der Waals surface area contributed by atoms with Crippen LogP contribution >= 0.6 is 0 Å². The Bertz CT molecular complexity index is 778. The van der Waals surface area contributed by atoms with Gasteiger partial charge >= 0.3 is 0 Å². The summed E-state index contributed by atoms with van der Waals surface area (Å²) in [5.41, 5.74) is 1.52. The molecule has 142 valence electrons. The molecule has 3 N–H and O–H groups in total. The number of hydrogen-bond donors (Lipinski definition) is 3. The van der Waals surface area contributed by atoms with Gasteiger partial charge < -0.3 is 20.7 Å². The molecule has 2 aromatic carbocycles. The Morgan fingerprint density at radius 2 is 1.56 bits per heavy atom. The maximum atomic E-state index is 12.0. The molecular formula is C20H23N3O4. The summed E-state index contributed by atoms with van der Waals surface area (Å²) in [6.07, 6.45) is 0.719. The third-order valence-corrected chi connectivity index (χ3v) is 3.77. The molecule has 0 unspecified atom stereocenters. The van der Waals surface area contributed by atoms with Gasteiger partial charge in [0.2, 0.25) is 11.8 Å². The summed E-state index contributed by atoms with van der Waals surface area (Å²) in [6.45, 7) is 0.140. The van der Waals surface area contributed by atoms with Gasteiger partial charge in [-0.3, -0.25) is 14.4 Å². The number of amides is 3.